The Balaban J connectivity index is 1.65. The van der Waals surface area contributed by atoms with E-state index in [0.29, 0.717) is 42.6 Å². The van der Waals surface area contributed by atoms with E-state index in [9.17, 15) is 13.6 Å². The number of rotatable bonds is 9. The molecule has 3 aromatic rings. The van der Waals surface area contributed by atoms with E-state index < -0.39 is 11.1 Å². The van der Waals surface area contributed by atoms with Gasteiger partial charge in [-0.1, -0.05) is 6.07 Å². The molecule has 1 saturated heterocycles. The highest BCUT2D eigenvalue weighted by Gasteiger charge is 2.20. The Morgan fingerprint density at radius 1 is 1.22 bits per heavy atom. The number of hydrogen-bond donors (Lipinski definition) is 2. The highest BCUT2D eigenvalue weighted by atomic mass is 32.2. The van der Waals surface area contributed by atoms with Crippen LogP contribution in [0, 0.1) is 0 Å². The number of hydrogen-bond acceptors (Lipinski definition) is 9. The summed E-state index contributed by atoms with van der Waals surface area (Å²) < 4.78 is 33.5. The van der Waals surface area contributed by atoms with Crippen molar-refractivity contribution in [2.75, 3.05) is 36.5 Å². The Hall–Kier alpha value is -3.38. The van der Waals surface area contributed by atoms with Gasteiger partial charge in [0.1, 0.15) is 5.69 Å². The van der Waals surface area contributed by atoms with E-state index in [2.05, 4.69) is 20.2 Å². The second-order valence-electron chi connectivity index (χ2n) is 8.83. The highest BCUT2D eigenvalue weighted by molar-refractivity contribution is 7.78. The Labute approximate surface area is 218 Å². The van der Waals surface area contributed by atoms with Gasteiger partial charge in [-0.2, -0.15) is 0 Å². The summed E-state index contributed by atoms with van der Waals surface area (Å²) in [5, 5.41) is 2.88. The van der Waals surface area contributed by atoms with Gasteiger partial charge in [-0.25, -0.2) is 4.98 Å². The third-order valence-corrected chi connectivity index (χ3v) is 6.31. The Bertz CT molecular complexity index is 1280. The molecule has 2 aromatic heterocycles. The molecule has 196 valence electrons. The van der Waals surface area contributed by atoms with Crippen LogP contribution in [0.1, 0.15) is 35.5 Å². The van der Waals surface area contributed by atoms with Gasteiger partial charge in [0.05, 0.1) is 30.8 Å². The zero-order valence-electron chi connectivity index (χ0n) is 20.8. The SMILES string of the molecule is CC(C)Oc1ncc(-c2cc(NC(=O)c3ccnc(CS(=O)[O-])c3)ccc2CN)cc1N1CCOCC1. The average Bonchev–Trinajstić information content (AvgIpc) is 2.89. The summed E-state index contributed by atoms with van der Waals surface area (Å²) in [7, 11) is 0. The van der Waals surface area contributed by atoms with Crippen LogP contribution in [0.25, 0.3) is 11.1 Å². The lowest BCUT2D eigenvalue weighted by molar-refractivity contribution is 0.102. The fraction of sp³-hybridized carbons (Fsp3) is 0.346. The molecular formula is C26H30N5O5S-. The molecule has 1 amide bonds. The number of anilines is 2. The minimum absolute atomic E-state index is 0.0291. The molecule has 11 heteroatoms. The predicted octanol–water partition coefficient (Wildman–Crippen LogP) is 2.86. The minimum atomic E-state index is -2.29. The van der Waals surface area contributed by atoms with Gasteiger partial charge in [-0.05, 0) is 66.4 Å². The molecule has 0 saturated carbocycles. The van der Waals surface area contributed by atoms with Crippen LogP contribution < -0.4 is 20.7 Å². The molecule has 1 fully saturated rings. The topological polar surface area (TPSA) is 143 Å². The molecule has 1 aliphatic heterocycles. The van der Waals surface area contributed by atoms with Crippen LogP contribution >= 0.6 is 0 Å². The lowest BCUT2D eigenvalue weighted by Gasteiger charge is -2.30. The molecule has 1 aromatic carbocycles. The van der Waals surface area contributed by atoms with Crippen LogP contribution in [0.4, 0.5) is 11.4 Å². The standard InChI is InChI=1S/C26H31N5O5S/c1-17(2)36-26-24(31-7-9-35-10-8-31)12-20(15-29-26)23-13-21(4-3-19(23)14-27)30-25(32)18-5-6-28-22(11-18)16-37(33)34/h3-6,11-13,15,17H,7-10,14,16,27H2,1-2H3,(H,30,32)(H,33,34)/p-1. The van der Waals surface area contributed by atoms with Crippen LogP contribution in [0.2, 0.25) is 0 Å². The maximum atomic E-state index is 12.9. The first-order chi connectivity index (χ1) is 17.8. The lowest BCUT2D eigenvalue weighted by Crippen LogP contribution is -2.36. The maximum Gasteiger partial charge on any atom is 0.255 e. The molecule has 1 unspecified atom stereocenters. The Morgan fingerprint density at radius 2 is 2.00 bits per heavy atom. The molecule has 4 rings (SSSR count). The monoisotopic (exact) mass is 524 g/mol. The summed E-state index contributed by atoms with van der Waals surface area (Å²) in [5.41, 5.74) is 10.7. The number of amides is 1. The van der Waals surface area contributed by atoms with Gasteiger partial charge in [0.25, 0.3) is 5.91 Å². The molecule has 3 N–H and O–H groups in total. The second kappa shape index (κ2) is 12.2. The number of ether oxygens (including phenoxy) is 2. The molecule has 37 heavy (non-hydrogen) atoms. The minimum Gasteiger partial charge on any atom is -0.772 e. The summed E-state index contributed by atoms with van der Waals surface area (Å²) in [6.45, 7) is 6.94. The number of pyridine rings is 2. The first kappa shape index (κ1) is 26.7. The molecule has 3 heterocycles. The molecule has 1 aliphatic rings. The van der Waals surface area contributed by atoms with Crippen molar-refractivity contribution in [1.82, 2.24) is 9.97 Å². The van der Waals surface area contributed by atoms with E-state index >= 15 is 0 Å². The van der Waals surface area contributed by atoms with E-state index in [0.717, 1.165) is 35.5 Å². The predicted molar refractivity (Wildman–Crippen MR) is 141 cm³/mol. The van der Waals surface area contributed by atoms with Crippen molar-refractivity contribution >= 4 is 28.4 Å². The van der Waals surface area contributed by atoms with E-state index in [1.54, 1.807) is 12.3 Å². The van der Waals surface area contributed by atoms with E-state index in [4.69, 9.17) is 15.2 Å². The van der Waals surface area contributed by atoms with Gasteiger partial charge < -0.3 is 30.0 Å². The van der Waals surface area contributed by atoms with Gasteiger partial charge in [0.15, 0.2) is 0 Å². The van der Waals surface area contributed by atoms with Crippen molar-refractivity contribution in [3.8, 4) is 17.0 Å². The fourth-order valence-corrected chi connectivity index (χ4v) is 4.46. The highest BCUT2D eigenvalue weighted by Crippen LogP contribution is 2.35. The number of nitrogens with two attached hydrogens (primary N) is 1. The van der Waals surface area contributed by atoms with Gasteiger partial charge >= 0.3 is 0 Å². The normalized spacial score (nSPS) is 14.5. The van der Waals surface area contributed by atoms with Crippen molar-refractivity contribution < 1.29 is 23.0 Å². The molecule has 0 spiro atoms. The maximum absolute atomic E-state index is 12.9. The third kappa shape index (κ3) is 6.89. The fourth-order valence-electron chi connectivity index (χ4n) is 4.06. The van der Waals surface area contributed by atoms with Crippen molar-refractivity contribution in [1.29, 1.82) is 0 Å². The molecule has 0 aliphatic carbocycles. The zero-order chi connectivity index (χ0) is 26.4. The number of nitrogens with zero attached hydrogens (tertiary/aromatic N) is 3. The largest absolute Gasteiger partial charge is 0.772 e. The summed E-state index contributed by atoms with van der Waals surface area (Å²) in [6.07, 6.45) is 3.14. The van der Waals surface area contributed by atoms with Crippen molar-refractivity contribution in [3.63, 3.8) is 0 Å². The van der Waals surface area contributed by atoms with Crippen molar-refractivity contribution in [2.24, 2.45) is 5.73 Å². The lowest BCUT2D eigenvalue weighted by atomic mass is 9.99. The van der Waals surface area contributed by atoms with Crippen LogP contribution in [0.3, 0.4) is 0 Å². The number of morpholine rings is 1. The Morgan fingerprint density at radius 3 is 2.70 bits per heavy atom. The first-order valence-corrected chi connectivity index (χ1v) is 13.2. The second-order valence-corrected chi connectivity index (χ2v) is 9.72. The molecule has 0 radical (unpaired) electrons. The quantitative estimate of drug-likeness (QED) is 0.404. The molecule has 10 nitrogen and oxygen atoms in total. The smallest absolute Gasteiger partial charge is 0.255 e. The summed E-state index contributed by atoms with van der Waals surface area (Å²) in [5.74, 6) is -0.0719. The van der Waals surface area contributed by atoms with Crippen LogP contribution in [-0.4, -0.2) is 57.0 Å². The van der Waals surface area contributed by atoms with Crippen LogP contribution in [0.5, 0.6) is 5.88 Å². The number of carbonyl (C=O) groups excluding carboxylic acids is 1. The van der Waals surface area contributed by atoms with Gasteiger partial charge in [0, 0.05) is 48.8 Å². The summed E-state index contributed by atoms with van der Waals surface area (Å²) >= 11 is -2.29. The number of carbonyl (C=O) groups is 1. The summed E-state index contributed by atoms with van der Waals surface area (Å²) in [6, 6.07) is 10.5. The molecular weight excluding hydrogens is 494 g/mol. The van der Waals surface area contributed by atoms with Crippen molar-refractivity contribution in [3.05, 3.63) is 65.6 Å². The van der Waals surface area contributed by atoms with Crippen molar-refractivity contribution in [2.45, 2.75) is 32.2 Å². The van der Waals surface area contributed by atoms with Gasteiger partial charge in [0.2, 0.25) is 5.88 Å². The zero-order valence-corrected chi connectivity index (χ0v) is 21.6. The van der Waals surface area contributed by atoms with Crippen LogP contribution in [0.15, 0.2) is 48.8 Å². The number of nitrogens with one attached hydrogen (secondary N) is 1. The van der Waals surface area contributed by atoms with Gasteiger partial charge in [-0.15, -0.1) is 0 Å². The first-order valence-electron chi connectivity index (χ1n) is 12.0. The van der Waals surface area contributed by atoms with Gasteiger partial charge in [-0.3, -0.25) is 14.0 Å². The number of aromatic nitrogens is 2. The molecule has 1 atom stereocenters. The molecule has 0 bridgehead atoms. The Kier molecular flexibility index (Phi) is 8.82. The number of benzene rings is 1. The van der Waals surface area contributed by atoms with Crippen LogP contribution in [-0.2, 0) is 28.1 Å². The van der Waals surface area contributed by atoms with E-state index in [-0.39, 0.29) is 17.8 Å². The summed E-state index contributed by atoms with van der Waals surface area (Å²) in [4.78, 5) is 23.7. The average molecular weight is 525 g/mol. The third-order valence-electron chi connectivity index (χ3n) is 5.77. The van der Waals surface area contributed by atoms with E-state index in [1.165, 1.54) is 18.3 Å². The van der Waals surface area contributed by atoms with E-state index in [1.807, 2.05) is 32.0 Å².